The van der Waals surface area contributed by atoms with E-state index >= 15 is 0 Å². The number of hydrogen-bond acceptors (Lipinski definition) is 4. The first-order valence-corrected chi connectivity index (χ1v) is 7.82. The molecule has 1 N–H and O–H groups in total. The fraction of sp³-hybridized carbons (Fsp3) is 0.278. The molecule has 1 heterocycles. The van der Waals surface area contributed by atoms with Gasteiger partial charge in [-0.25, -0.2) is 8.78 Å². The lowest BCUT2D eigenvalue weighted by atomic mass is 10.1. The Balaban J connectivity index is 1.68. The van der Waals surface area contributed by atoms with E-state index in [1.54, 1.807) is 0 Å². The van der Waals surface area contributed by atoms with Gasteiger partial charge in [-0.15, -0.1) is 0 Å². The van der Waals surface area contributed by atoms with E-state index in [1.807, 2.05) is 31.2 Å². The zero-order valence-corrected chi connectivity index (χ0v) is 13.4. The average molecular weight is 331 g/mol. The molecule has 1 saturated heterocycles. The standard InChI is InChI=1S/C18H19F2N3O/c1-13(21-22-18-7-4-15(19)12-17(18)20)14-2-5-16(6-3-14)23-8-10-24-11-9-23/h2-7,12,22H,8-11H2,1H3/b21-13-. The number of hydrogen-bond donors (Lipinski definition) is 1. The molecule has 1 aliphatic heterocycles. The van der Waals surface area contributed by atoms with E-state index in [0.29, 0.717) is 5.71 Å². The molecule has 126 valence electrons. The maximum Gasteiger partial charge on any atom is 0.151 e. The lowest BCUT2D eigenvalue weighted by Gasteiger charge is -2.28. The van der Waals surface area contributed by atoms with Gasteiger partial charge in [0, 0.05) is 24.8 Å². The molecule has 6 heteroatoms. The number of anilines is 2. The van der Waals surface area contributed by atoms with Gasteiger partial charge in [0.15, 0.2) is 5.82 Å². The van der Waals surface area contributed by atoms with E-state index < -0.39 is 11.6 Å². The third-order valence-electron chi connectivity index (χ3n) is 3.94. The fourth-order valence-electron chi connectivity index (χ4n) is 2.52. The van der Waals surface area contributed by atoms with Gasteiger partial charge < -0.3 is 9.64 Å². The van der Waals surface area contributed by atoms with Gasteiger partial charge in [0.2, 0.25) is 0 Å². The largest absolute Gasteiger partial charge is 0.378 e. The highest BCUT2D eigenvalue weighted by Crippen LogP contribution is 2.18. The number of benzene rings is 2. The molecule has 4 nitrogen and oxygen atoms in total. The van der Waals surface area contributed by atoms with Crippen LogP contribution in [0.1, 0.15) is 12.5 Å². The topological polar surface area (TPSA) is 36.9 Å². The zero-order valence-electron chi connectivity index (χ0n) is 13.4. The summed E-state index contributed by atoms with van der Waals surface area (Å²) in [5.41, 5.74) is 5.57. The van der Waals surface area contributed by atoms with Crippen LogP contribution in [0, 0.1) is 11.6 Å². The SMILES string of the molecule is C/C(=N/Nc1ccc(F)cc1F)c1ccc(N2CCOCC2)cc1. The molecule has 1 fully saturated rings. The second-order valence-electron chi connectivity index (χ2n) is 5.58. The first-order chi connectivity index (χ1) is 11.6. The van der Waals surface area contributed by atoms with Crippen molar-refractivity contribution in [3.8, 4) is 0 Å². The lowest BCUT2D eigenvalue weighted by Crippen LogP contribution is -2.36. The van der Waals surface area contributed by atoms with Crippen molar-refractivity contribution in [2.75, 3.05) is 36.6 Å². The molecule has 2 aromatic rings. The third-order valence-corrected chi connectivity index (χ3v) is 3.94. The van der Waals surface area contributed by atoms with Gasteiger partial charge in [0.05, 0.1) is 24.6 Å². The summed E-state index contributed by atoms with van der Waals surface area (Å²) >= 11 is 0. The monoisotopic (exact) mass is 331 g/mol. The number of rotatable bonds is 4. The highest BCUT2D eigenvalue weighted by Gasteiger charge is 2.11. The minimum Gasteiger partial charge on any atom is -0.378 e. The van der Waals surface area contributed by atoms with Crippen LogP contribution in [0.15, 0.2) is 47.6 Å². The Hall–Kier alpha value is -2.47. The van der Waals surface area contributed by atoms with Crippen LogP contribution in [0.2, 0.25) is 0 Å². The number of nitrogens with zero attached hydrogens (tertiary/aromatic N) is 2. The summed E-state index contributed by atoms with van der Waals surface area (Å²) in [5, 5.41) is 4.17. The molecule has 3 rings (SSSR count). The molecular formula is C18H19F2N3O. The molecule has 0 unspecified atom stereocenters. The molecule has 0 spiro atoms. The summed E-state index contributed by atoms with van der Waals surface area (Å²) in [6.45, 7) is 5.10. The molecule has 0 aliphatic carbocycles. The predicted octanol–water partition coefficient (Wildman–Crippen LogP) is 3.64. The maximum absolute atomic E-state index is 13.6. The summed E-state index contributed by atoms with van der Waals surface area (Å²) in [7, 11) is 0. The smallest absolute Gasteiger partial charge is 0.151 e. The third kappa shape index (κ3) is 3.89. The Morgan fingerprint density at radius 3 is 2.46 bits per heavy atom. The van der Waals surface area contributed by atoms with E-state index in [2.05, 4.69) is 15.4 Å². The van der Waals surface area contributed by atoms with Gasteiger partial charge in [0.1, 0.15) is 5.82 Å². The highest BCUT2D eigenvalue weighted by atomic mass is 19.1. The van der Waals surface area contributed by atoms with Crippen LogP contribution in [0.5, 0.6) is 0 Å². The lowest BCUT2D eigenvalue weighted by molar-refractivity contribution is 0.122. The quantitative estimate of drug-likeness (QED) is 0.686. The Kier molecular flexibility index (Phi) is 5.05. The molecule has 0 amide bonds. The van der Waals surface area contributed by atoms with Crippen molar-refractivity contribution in [3.63, 3.8) is 0 Å². The van der Waals surface area contributed by atoms with Gasteiger partial charge in [-0.1, -0.05) is 12.1 Å². The molecule has 0 bridgehead atoms. The molecule has 0 atom stereocenters. The van der Waals surface area contributed by atoms with Crippen molar-refractivity contribution < 1.29 is 13.5 Å². The van der Waals surface area contributed by atoms with Crippen LogP contribution in [0.25, 0.3) is 0 Å². The van der Waals surface area contributed by atoms with Gasteiger partial charge >= 0.3 is 0 Å². The number of nitrogens with one attached hydrogen (secondary N) is 1. The van der Waals surface area contributed by atoms with E-state index in [0.717, 1.165) is 43.6 Å². The number of halogens is 2. The average Bonchev–Trinajstić information content (AvgIpc) is 2.62. The predicted molar refractivity (Wildman–Crippen MR) is 91.7 cm³/mol. The summed E-state index contributed by atoms with van der Waals surface area (Å²) in [6, 6.07) is 11.4. The first-order valence-electron chi connectivity index (χ1n) is 7.82. The number of morpholine rings is 1. The molecule has 24 heavy (non-hydrogen) atoms. The molecule has 1 aliphatic rings. The van der Waals surface area contributed by atoms with Crippen LogP contribution >= 0.6 is 0 Å². The van der Waals surface area contributed by atoms with Crippen LogP contribution in [-0.4, -0.2) is 32.0 Å². The van der Waals surface area contributed by atoms with Crippen molar-refractivity contribution in [1.82, 2.24) is 0 Å². The Bertz CT molecular complexity index is 726. The molecule has 0 aromatic heterocycles. The Morgan fingerprint density at radius 2 is 1.79 bits per heavy atom. The molecule has 0 radical (unpaired) electrons. The van der Waals surface area contributed by atoms with Crippen LogP contribution in [0.4, 0.5) is 20.2 Å². The fourth-order valence-corrected chi connectivity index (χ4v) is 2.52. The minimum absolute atomic E-state index is 0.140. The number of hydrazone groups is 1. The van der Waals surface area contributed by atoms with Crippen LogP contribution in [0.3, 0.4) is 0 Å². The highest BCUT2D eigenvalue weighted by molar-refractivity contribution is 5.99. The van der Waals surface area contributed by atoms with E-state index in [4.69, 9.17) is 4.74 Å². The minimum atomic E-state index is -0.672. The van der Waals surface area contributed by atoms with E-state index in [-0.39, 0.29) is 5.69 Å². The maximum atomic E-state index is 13.6. The zero-order chi connectivity index (χ0) is 16.9. The molecular weight excluding hydrogens is 312 g/mol. The Labute approximate surface area is 139 Å². The van der Waals surface area contributed by atoms with E-state index in [9.17, 15) is 8.78 Å². The summed E-state index contributed by atoms with van der Waals surface area (Å²) < 4.78 is 31.8. The van der Waals surface area contributed by atoms with Crippen LogP contribution in [-0.2, 0) is 4.74 Å². The summed E-state index contributed by atoms with van der Waals surface area (Å²) in [6.07, 6.45) is 0. The van der Waals surface area contributed by atoms with Gasteiger partial charge in [-0.3, -0.25) is 5.43 Å². The van der Waals surface area contributed by atoms with Gasteiger partial charge in [-0.05, 0) is 36.8 Å². The van der Waals surface area contributed by atoms with Crippen molar-refractivity contribution in [1.29, 1.82) is 0 Å². The second kappa shape index (κ2) is 7.40. The van der Waals surface area contributed by atoms with E-state index in [1.165, 1.54) is 12.1 Å². The van der Waals surface area contributed by atoms with Crippen molar-refractivity contribution in [2.45, 2.75) is 6.92 Å². The van der Waals surface area contributed by atoms with Crippen LogP contribution < -0.4 is 10.3 Å². The summed E-state index contributed by atoms with van der Waals surface area (Å²) in [5.74, 6) is -1.29. The molecule has 2 aromatic carbocycles. The number of ether oxygens (including phenoxy) is 1. The Morgan fingerprint density at radius 1 is 1.08 bits per heavy atom. The first kappa shape index (κ1) is 16.4. The molecule has 0 saturated carbocycles. The van der Waals surface area contributed by atoms with Gasteiger partial charge in [-0.2, -0.15) is 5.10 Å². The van der Waals surface area contributed by atoms with Crippen molar-refractivity contribution in [3.05, 3.63) is 59.7 Å². The van der Waals surface area contributed by atoms with Crippen molar-refractivity contribution >= 4 is 17.1 Å². The second-order valence-corrected chi connectivity index (χ2v) is 5.58. The van der Waals surface area contributed by atoms with Crippen molar-refractivity contribution in [2.24, 2.45) is 5.10 Å². The summed E-state index contributed by atoms with van der Waals surface area (Å²) in [4.78, 5) is 2.27. The van der Waals surface area contributed by atoms with Gasteiger partial charge in [0.25, 0.3) is 0 Å². The normalized spacial score (nSPS) is 15.5.